The zero-order valence-corrected chi connectivity index (χ0v) is 9.72. The van der Waals surface area contributed by atoms with Crippen LogP contribution in [0.5, 0.6) is 0 Å². The van der Waals surface area contributed by atoms with Crippen LogP contribution in [-0.4, -0.2) is 21.0 Å². The van der Waals surface area contributed by atoms with Crippen molar-refractivity contribution in [3.8, 4) is 10.7 Å². The number of thiazole rings is 1. The molecule has 2 rings (SSSR count). The quantitative estimate of drug-likeness (QED) is 0.860. The van der Waals surface area contributed by atoms with Gasteiger partial charge >= 0.3 is 5.97 Å². The van der Waals surface area contributed by atoms with Crippen LogP contribution in [0.4, 0.5) is 0 Å². The number of hydrogen-bond acceptors (Lipinski definition) is 5. The van der Waals surface area contributed by atoms with Crippen LogP contribution in [0, 0.1) is 0 Å². The van der Waals surface area contributed by atoms with Crippen LogP contribution in [-0.2, 0) is 4.79 Å². The van der Waals surface area contributed by atoms with Crippen molar-refractivity contribution in [1.82, 2.24) is 9.97 Å². The van der Waals surface area contributed by atoms with Crippen molar-refractivity contribution in [2.24, 2.45) is 5.73 Å². The van der Waals surface area contributed by atoms with E-state index >= 15 is 0 Å². The molecule has 0 radical (unpaired) electrons. The van der Waals surface area contributed by atoms with Gasteiger partial charge in [-0.25, -0.2) is 4.98 Å². The first-order valence-corrected chi connectivity index (χ1v) is 5.89. The van der Waals surface area contributed by atoms with Crippen molar-refractivity contribution >= 4 is 17.3 Å². The van der Waals surface area contributed by atoms with E-state index in [1.807, 2.05) is 18.2 Å². The van der Waals surface area contributed by atoms with Gasteiger partial charge in [0.25, 0.3) is 0 Å². The minimum atomic E-state index is -0.926. The highest BCUT2D eigenvalue weighted by Crippen LogP contribution is 2.24. The fourth-order valence-corrected chi connectivity index (χ4v) is 2.22. The molecule has 1 unspecified atom stereocenters. The number of aliphatic carboxylic acids is 1. The fraction of sp³-hybridized carbons (Fsp3) is 0.182. The Morgan fingerprint density at radius 2 is 2.35 bits per heavy atom. The van der Waals surface area contributed by atoms with Crippen LogP contribution in [0.15, 0.2) is 29.8 Å². The summed E-state index contributed by atoms with van der Waals surface area (Å²) in [6.07, 6.45) is 1.57. The molecule has 88 valence electrons. The molecule has 2 aromatic rings. The van der Waals surface area contributed by atoms with Crippen molar-refractivity contribution in [2.45, 2.75) is 12.5 Å². The molecule has 0 saturated heterocycles. The number of carboxylic acid groups (broad SMARTS) is 1. The van der Waals surface area contributed by atoms with Gasteiger partial charge in [-0.15, -0.1) is 11.3 Å². The molecule has 1 atom stereocenters. The van der Waals surface area contributed by atoms with Gasteiger partial charge in [0.05, 0.1) is 23.9 Å². The van der Waals surface area contributed by atoms with E-state index in [1.165, 1.54) is 11.3 Å². The van der Waals surface area contributed by atoms with Crippen LogP contribution in [0.2, 0.25) is 0 Å². The molecule has 17 heavy (non-hydrogen) atoms. The number of nitrogens with zero attached hydrogens (tertiary/aromatic N) is 2. The standard InChI is InChI=1S/C11H11N3O2S/c12-7(5-10(15)16)9-6-17-11(14-9)8-3-1-2-4-13-8/h1-4,6-7H,5,12H2,(H,15,16). The molecule has 0 bridgehead atoms. The molecule has 6 heteroatoms. The van der Waals surface area contributed by atoms with Gasteiger partial charge in [0.2, 0.25) is 0 Å². The monoisotopic (exact) mass is 249 g/mol. The summed E-state index contributed by atoms with van der Waals surface area (Å²) in [5.41, 5.74) is 7.10. The molecule has 0 amide bonds. The van der Waals surface area contributed by atoms with Crippen LogP contribution in [0.3, 0.4) is 0 Å². The molecule has 0 fully saturated rings. The molecule has 0 aliphatic rings. The zero-order valence-electron chi connectivity index (χ0n) is 8.91. The van der Waals surface area contributed by atoms with Gasteiger partial charge < -0.3 is 10.8 Å². The largest absolute Gasteiger partial charge is 0.481 e. The second-order valence-electron chi connectivity index (χ2n) is 3.50. The predicted molar refractivity (Wildman–Crippen MR) is 64.5 cm³/mol. The third-order valence-corrected chi connectivity index (χ3v) is 3.06. The Morgan fingerprint density at radius 1 is 1.53 bits per heavy atom. The Labute approximate surface area is 102 Å². The summed E-state index contributed by atoms with van der Waals surface area (Å²) in [7, 11) is 0. The first kappa shape index (κ1) is 11.7. The maximum Gasteiger partial charge on any atom is 0.305 e. The number of carbonyl (C=O) groups is 1. The summed E-state index contributed by atoms with van der Waals surface area (Å²) in [6.45, 7) is 0. The number of pyridine rings is 1. The summed E-state index contributed by atoms with van der Waals surface area (Å²) in [6, 6.07) is 4.99. The topological polar surface area (TPSA) is 89.1 Å². The highest BCUT2D eigenvalue weighted by atomic mass is 32.1. The molecular weight excluding hydrogens is 238 g/mol. The number of hydrogen-bond donors (Lipinski definition) is 2. The molecule has 5 nitrogen and oxygen atoms in total. The Kier molecular flexibility index (Phi) is 3.46. The normalized spacial score (nSPS) is 12.3. The Balaban J connectivity index is 2.19. The third-order valence-electron chi connectivity index (χ3n) is 2.18. The number of rotatable bonds is 4. The lowest BCUT2D eigenvalue weighted by Crippen LogP contribution is -2.15. The molecule has 0 spiro atoms. The van der Waals surface area contributed by atoms with Gasteiger partial charge in [0.1, 0.15) is 5.01 Å². The number of nitrogens with two attached hydrogens (primary N) is 1. The van der Waals surface area contributed by atoms with Crippen molar-refractivity contribution in [1.29, 1.82) is 0 Å². The zero-order chi connectivity index (χ0) is 12.3. The summed E-state index contributed by atoms with van der Waals surface area (Å²) in [5.74, 6) is -0.926. The van der Waals surface area contributed by atoms with E-state index in [0.29, 0.717) is 5.69 Å². The minimum absolute atomic E-state index is 0.120. The van der Waals surface area contributed by atoms with Crippen molar-refractivity contribution in [3.63, 3.8) is 0 Å². The second kappa shape index (κ2) is 5.03. The first-order chi connectivity index (χ1) is 8.16. The van der Waals surface area contributed by atoms with Crippen LogP contribution < -0.4 is 5.73 Å². The van der Waals surface area contributed by atoms with E-state index in [-0.39, 0.29) is 6.42 Å². The van der Waals surface area contributed by atoms with Gasteiger partial charge in [0.15, 0.2) is 0 Å². The molecule has 0 saturated carbocycles. The summed E-state index contributed by atoms with van der Waals surface area (Å²) >= 11 is 1.41. The van der Waals surface area contributed by atoms with Gasteiger partial charge in [-0.1, -0.05) is 6.07 Å². The average molecular weight is 249 g/mol. The second-order valence-corrected chi connectivity index (χ2v) is 4.35. The lowest BCUT2D eigenvalue weighted by atomic mass is 10.2. The van der Waals surface area contributed by atoms with Gasteiger partial charge in [-0.2, -0.15) is 0 Å². The molecule has 2 aromatic heterocycles. The molecule has 0 aliphatic heterocycles. The van der Waals surface area contributed by atoms with Crippen molar-refractivity contribution in [2.75, 3.05) is 0 Å². The number of carboxylic acids is 1. The number of aromatic nitrogens is 2. The first-order valence-electron chi connectivity index (χ1n) is 5.01. The highest BCUT2D eigenvalue weighted by molar-refractivity contribution is 7.13. The molecule has 2 heterocycles. The SMILES string of the molecule is NC(CC(=O)O)c1csc(-c2ccccn2)n1. The Bertz CT molecular complexity index is 512. The van der Waals surface area contributed by atoms with Gasteiger partial charge in [-0.3, -0.25) is 9.78 Å². The molecule has 0 aromatic carbocycles. The third kappa shape index (κ3) is 2.86. The van der Waals surface area contributed by atoms with Crippen LogP contribution in [0.1, 0.15) is 18.2 Å². The van der Waals surface area contributed by atoms with Crippen LogP contribution >= 0.6 is 11.3 Å². The van der Waals surface area contributed by atoms with Crippen LogP contribution in [0.25, 0.3) is 10.7 Å². The van der Waals surface area contributed by atoms with E-state index in [9.17, 15) is 4.79 Å². The Morgan fingerprint density at radius 3 is 3.00 bits per heavy atom. The predicted octanol–water partition coefficient (Wildman–Crippen LogP) is 1.68. The minimum Gasteiger partial charge on any atom is -0.481 e. The maximum atomic E-state index is 10.5. The average Bonchev–Trinajstić information content (AvgIpc) is 2.78. The summed E-state index contributed by atoms with van der Waals surface area (Å²) < 4.78 is 0. The summed E-state index contributed by atoms with van der Waals surface area (Å²) in [4.78, 5) is 19.0. The van der Waals surface area contributed by atoms with Crippen molar-refractivity contribution in [3.05, 3.63) is 35.5 Å². The van der Waals surface area contributed by atoms with E-state index in [1.54, 1.807) is 11.6 Å². The molecule has 0 aliphatic carbocycles. The highest BCUT2D eigenvalue weighted by Gasteiger charge is 2.14. The Hall–Kier alpha value is -1.79. The fourth-order valence-electron chi connectivity index (χ4n) is 1.36. The van der Waals surface area contributed by atoms with Gasteiger partial charge in [0, 0.05) is 11.6 Å². The maximum absolute atomic E-state index is 10.5. The smallest absolute Gasteiger partial charge is 0.305 e. The van der Waals surface area contributed by atoms with E-state index in [4.69, 9.17) is 10.8 Å². The van der Waals surface area contributed by atoms with Gasteiger partial charge in [-0.05, 0) is 12.1 Å². The van der Waals surface area contributed by atoms with Crippen molar-refractivity contribution < 1.29 is 9.90 Å². The van der Waals surface area contributed by atoms with E-state index in [0.717, 1.165) is 10.7 Å². The lowest BCUT2D eigenvalue weighted by molar-refractivity contribution is -0.137. The van der Waals surface area contributed by atoms with E-state index < -0.39 is 12.0 Å². The molecule has 3 N–H and O–H groups in total. The molecular formula is C11H11N3O2S. The lowest BCUT2D eigenvalue weighted by Gasteiger charge is -2.03. The summed E-state index contributed by atoms with van der Waals surface area (Å²) in [5, 5.41) is 11.2. The van der Waals surface area contributed by atoms with E-state index in [2.05, 4.69) is 9.97 Å².